The Morgan fingerprint density at radius 3 is 2.11 bits per heavy atom. The maximum absolute atomic E-state index is 13.6. The molecule has 0 spiro atoms. The number of sulfonamides is 1. The highest BCUT2D eigenvalue weighted by atomic mass is 32.2. The van der Waals surface area contributed by atoms with E-state index in [-0.39, 0.29) is 17.3 Å². The molecule has 0 unspecified atom stereocenters. The number of methoxy groups -OCH3 is 1. The summed E-state index contributed by atoms with van der Waals surface area (Å²) in [7, 11) is -2.39. The minimum atomic E-state index is -3.94. The first kappa shape index (κ1) is 24.8. The van der Waals surface area contributed by atoms with Crippen LogP contribution in [0.4, 0.5) is 5.69 Å². The maximum atomic E-state index is 13.6. The molecule has 0 saturated carbocycles. The molecular weight excluding hydrogens is 462 g/mol. The molecule has 0 radical (unpaired) electrons. The van der Waals surface area contributed by atoms with E-state index in [0.717, 1.165) is 25.2 Å². The van der Waals surface area contributed by atoms with Gasteiger partial charge >= 0.3 is 0 Å². The number of benzene rings is 3. The third-order valence-electron chi connectivity index (χ3n) is 6.22. The Balaban J connectivity index is 1.49. The molecule has 3 aromatic carbocycles. The number of hydrogen-bond donors (Lipinski definition) is 0. The van der Waals surface area contributed by atoms with Crippen LogP contribution in [0.5, 0.6) is 5.75 Å². The summed E-state index contributed by atoms with van der Waals surface area (Å²) in [5.74, 6) is 0.401. The fourth-order valence-electron chi connectivity index (χ4n) is 4.12. The Morgan fingerprint density at radius 2 is 1.51 bits per heavy atom. The van der Waals surface area contributed by atoms with Gasteiger partial charge in [0.1, 0.15) is 12.3 Å². The van der Waals surface area contributed by atoms with Gasteiger partial charge in [-0.05, 0) is 48.9 Å². The van der Waals surface area contributed by atoms with Crippen molar-refractivity contribution in [3.63, 3.8) is 0 Å². The van der Waals surface area contributed by atoms with E-state index < -0.39 is 10.0 Å². The first-order valence-corrected chi connectivity index (χ1v) is 13.1. The SMILES string of the molecule is COc1ccc(N(CC(=O)N2CCN(Cc3ccccc3)CC2)S(=O)(=O)c2ccc(C)cc2)cc1. The minimum absolute atomic E-state index is 0.152. The number of carbonyl (C=O) groups is 1. The Labute approximate surface area is 207 Å². The van der Waals surface area contributed by atoms with Crippen molar-refractivity contribution in [2.75, 3.05) is 44.1 Å². The number of piperazine rings is 1. The lowest BCUT2D eigenvalue weighted by Crippen LogP contribution is -2.51. The Morgan fingerprint density at radius 1 is 0.886 bits per heavy atom. The topological polar surface area (TPSA) is 70.2 Å². The summed E-state index contributed by atoms with van der Waals surface area (Å²) >= 11 is 0. The lowest BCUT2D eigenvalue weighted by atomic mass is 10.2. The molecular formula is C27H31N3O4S. The molecule has 8 heteroatoms. The molecule has 0 aliphatic carbocycles. The van der Waals surface area contributed by atoms with Crippen molar-refractivity contribution in [3.05, 3.63) is 90.0 Å². The normalized spacial score (nSPS) is 14.5. The van der Waals surface area contributed by atoms with Crippen LogP contribution in [0, 0.1) is 6.92 Å². The van der Waals surface area contributed by atoms with Crippen LogP contribution in [0.1, 0.15) is 11.1 Å². The summed E-state index contributed by atoms with van der Waals surface area (Å²) in [5, 5.41) is 0. The molecule has 0 N–H and O–H groups in total. The van der Waals surface area contributed by atoms with Gasteiger partial charge < -0.3 is 9.64 Å². The smallest absolute Gasteiger partial charge is 0.264 e. The summed E-state index contributed by atoms with van der Waals surface area (Å²) in [6, 6.07) is 23.6. The fourth-order valence-corrected chi connectivity index (χ4v) is 5.54. The van der Waals surface area contributed by atoms with Crippen LogP contribution in [-0.2, 0) is 21.4 Å². The van der Waals surface area contributed by atoms with Crippen molar-refractivity contribution < 1.29 is 17.9 Å². The molecule has 1 saturated heterocycles. The average Bonchev–Trinajstić information content (AvgIpc) is 2.88. The van der Waals surface area contributed by atoms with Crippen LogP contribution >= 0.6 is 0 Å². The number of amides is 1. The molecule has 0 atom stereocenters. The number of ether oxygens (including phenoxy) is 1. The van der Waals surface area contributed by atoms with E-state index in [1.165, 1.54) is 9.87 Å². The summed E-state index contributed by atoms with van der Waals surface area (Å²) in [6.45, 7) is 5.09. The molecule has 184 valence electrons. The van der Waals surface area contributed by atoms with Gasteiger partial charge in [-0.25, -0.2) is 8.42 Å². The molecule has 1 heterocycles. The average molecular weight is 494 g/mol. The van der Waals surface area contributed by atoms with Crippen LogP contribution in [-0.4, -0.2) is 64.0 Å². The van der Waals surface area contributed by atoms with Gasteiger partial charge in [0, 0.05) is 32.7 Å². The maximum Gasteiger partial charge on any atom is 0.264 e. The summed E-state index contributed by atoms with van der Waals surface area (Å²) < 4.78 is 33.6. The van der Waals surface area contributed by atoms with Crippen LogP contribution < -0.4 is 9.04 Å². The molecule has 1 aliphatic heterocycles. The Bertz CT molecular complexity index is 1220. The second-order valence-electron chi connectivity index (χ2n) is 8.67. The van der Waals surface area contributed by atoms with Crippen molar-refractivity contribution in [2.45, 2.75) is 18.4 Å². The number of anilines is 1. The molecule has 3 aromatic rings. The van der Waals surface area contributed by atoms with Crippen molar-refractivity contribution in [2.24, 2.45) is 0 Å². The van der Waals surface area contributed by atoms with E-state index in [1.54, 1.807) is 60.5 Å². The fraction of sp³-hybridized carbons (Fsp3) is 0.296. The Hall–Kier alpha value is -3.36. The third kappa shape index (κ3) is 6.01. The van der Waals surface area contributed by atoms with Crippen molar-refractivity contribution in [1.82, 2.24) is 9.80 Å². The van der Waals surface area contributed by atoms with Gasteiger partial charge in [-0.1, -0.05) is 48.0 Å². The molecule has 4 rings (SSSR count). The summed E-state index contributed by atoms with van der Waals surface area (Å²) in [5.41, 5.74) is 2.62. The van der Waals surface area contributed by atoms with Crippen LogP contribution in [0.2, 0.25) is 0 Å². The zero-order chi connectivity index (χ0) is 24.8. The Kier molecular flexibility index (Phi) is 7.73. The number of rotatable bonds is 8. The summed E-state index contributed by atoms with van der Waals surface area (Å²) in [4.78, 5) is 17.5. The third-order valence-corrected chi connectivity index (χ3v) is 8.01. The predicted molar refractivity (Wildman–Crippen MR) is 137 cm³/mol. The largest absolute Gasteiger partial charge is 0.497 e. The summed E-state index contributed by atoms with van der Waals surface area (Å²) in [6.07, 6.45) is 0. The van der Waals surface area contributed by atoms with Crippen LogP contribution in [0.25, 0.3) is 0 Å². The number of nitrogens with zero attached hydrogens (tertiary/aromatic N) is 3. The zero-order valence-corrected chi connectivity index (χ0v) is 20.9. The zero-order valence-electron chi connectivity index (χ0n) is 20.1. The predicted octanol–water partition coefficient (Wildman–Crippen LogP) is 3.54. The highest BCUT2D eigenvalue weighted by molar-refractivity contribution is 7.92. The van der Waals surface area contributed by atoms with Crippen LogP contribution in [0.3, 0.4) is 0 Å². The van der Waals surface area contributed by atoms with Gasteiger partial charge in [0.25, 0.3) is 10.0 Å². The second-order valence-corrected chi connectivity index (χ2v) is 10.5. The molecule has 0 aromatic heterocycles. The molecule has 7 nitrogen and oxygen atoms in total. The van der Waals surface area contributed by atoms with Crippen molar-refractivity contribution >= 4 is 21.6 Å². The molecule has 1 aliphatic rings. The van der Waals surface area contributed by atoms with Gasteiger partial charge in [0.15, 0.2) is 0 Å². The van der Waals surface area contributed by atoms with E-state index in [4.69, 9.17) is 4.74 Å². The number of hydrogen-bond acceptors (Lipinski definition) is 5. The van der Waals surface area contributed by atoms with Gasteiger partial charge in [-0.3, -0.25) is 14.0 Å². The highest BCUT2D eigenvalue weighted by Crippen LogP contribution is 2.26. The molecule has 1 amide bonds. The number of carbonyl (C=O) groups excluding carboxylic acids is 1. The highest BCUT2D eigenvalue weighted by Gasteiger charge is 2.30. The number of aryl methyl sites for hydroxylation is 1. The first-order chi connectivity index (χ1) is 16.9. The molecule has 35 heavy (non-hydrogen) atoms. The second kappa shape index (κ2) is 10.9. The first-order valence-electron chi connectivity index (χ1n) is 11.6. The quantitative estimate of drug-likeness (QED) is 0.480. The van der Waals surface area contributed by atoms with Gasteiger partial charge in [-0.2, -0.15) is 0 Å². The van der Waals surface area contributed by atoms with E-state index >= 15 is 0 Å². The van der Waals surface area contributed by atoms with Crippen molar-refractivity contribution in [1.29, 1.82) is 0 Å². The molecule has 1 fully saturated rings. The van der Waals surface area contributed by atoms with Gasteiger partial charge in [-0.15, -0.1) is 0 Å². The van der Waals surface area contributed by atoms with Crippen LogP contribution in [0.15, 0.2) is 83.8 Å². The van der Waals surface area contributed by atoms with E-state index in [9.17, 15) is 13.2 Å². The lowest BCUT2D eigenvalue weighted by molar-refractivity contribution is -0.131. The minimum Gasteiger partial charge on any atom is -0.497 e. The van der Waals surface area contributed by atoms with Crippen molar-refractivity contribution in [3.8, 4) is 5.75 Å². The lowest BCUT2D eigenvalue weighted by Gasteiger charge is -2.36. The van der Waals surface area contributed by atoms with E-state index in [1.807, 2.05) is 25.1 Å². The monoisotopic (exact) mass is 493 g/mol. The van der Waals surface area contributed by atoms with Gasteiger partial charge in [0.2, 0.25) is 5.91 Å². The standard InChI is InChI=1S/C27H31N3O4S/c1-22-8-14-26(15-9-22)35(32,33)30(24-10-12-25(34-2)13-11-24)21-27(31)29-18-16-28(17-19-29)20-23-6-4-3-5-7-23/h3-15H,16-21H2,1-2H3. The molecule has 0 bridgehead atoms. The van der Waals surface area contributed by atoms with E-state index in [2.05, 4.69) is 17.0 Å². The van der Waals surface area contributed by atoms with Gasteiger partial charge in [0.05, 0.1) is 17.7 Å². The van der Waals surface area contributed by atoms with E-state index in [0.29, 0.717) is 24.5 Å².